The second-order valence-electron chi connectivity index (χ2n) is 2.74. The molecule has 0 amide bonds. The standard InChI is InChI=1S/C7H10F3N/c1-5-4-6(2-3-11-5)7(8,9)10/h2,5,11H,3-4H2,1H3. The highest BCUT2D eigenvalue weighted by Gasteiger charge is 2.34. The second kappa shape index (κ2) is 2.85. The predicted octanol–water partition coefficient (Wildman–Crippen LogP) is 1.86. The molecule has 1 nitrogen and oxygen atoms in total. The fourth-order valence-electron chi connectivity index (χ4n) is 1.10. The van der Waals surface area contributed by atoms with E-state index in [9.17, 15) is 13.2 Å². The molecule has 1 rings (SSSR count). The van der Waals surface area contributed by atoms with Gasteiger partial charge in [0, 0.05) is 18.2 Å². The van der Waals surface area contributed by atoms with E-state index in [-0.39, 0.29) is 12.5 Å². The van der Waals surface area contributed by atoms with Gasteiger partial charge in [-0.05, 0) is 13.3 Å². The Morgan fingerprint density at radius 3 is 2.55 bits per heavy atom. The molecule has 11 heavy (non-hydrogen) atoms. The zero-order chi connectivity index (χ0) is 8.48. The summed E-state index contributed by atoms with van der Waals surface area (Å²) in [7, 11) is 0. The third-order valence-corrected chi connectivity index (χ3v) is 1.70. The van der Waals surface area contributed by atoms with E-state index in [1.54, 1.807) is 6.92 Å². The average molecular weight is 165 g/mol. The molecule has 0 saturated carbocycles. The second-order valence-corrected chi connectivity index (χ2v) is 2.74. The van der Waals surface area contributed by atoms with E-state index in [0.717, 1.165) is 0 Å². The first-order chi connectivity index (χ1) is 5.00. The summed E-state index contributed by atoms with van der Waals surface area (Å²) in [6.45, 7) is 2.08. The summed E-state index contributed by atoms with van der Waals surface area (Å²) in [4.78, 5) is 0. The summed E-state index contributed by atoms with van der Waals surface area (Å²) < 4.78 is 36.1. The maximum Gasteiger partial charge on any atom is 0.412 e. The van der Waals surface area contributed by atoms with E-state index < -0.39 is 11.7 Å². The van der Waals surface area contributed by atoms with Crippen LogP contribution in [-0.4, -0.2) is 18.8 Å². The largest absolute Gasteiger partial charge is 0.412 e. The Morgan fingerprint density at radius 1 is 1.55 bits per heavy atom. The molecule has 1 aliphatic heterocycles. The maximum atomic E-state index is 12.0. The summed E-state index contributed by atoms with van der Waals surface area (Å²) >= 11 is 0. The molecule has 4 heteroatoms. The Morgan fingerprint density at radius 2 is 2.18 bits per heavy atom. The smallest absolute Gasteiger partial charge is 0.310 e. The van der Waals surface area contributed by atoms with Crippen molar-refractivity contribution < 1.29 is 13.2 Å². The predicted molar refractivity (Wildman–Crippen MR) is 36.2 cm³/mol. The molecule has 0 spiro atoms. The van der Waals surface area contributed by atoms with Crippen LogP contribution in [0.5, 0.6) is 0 Å². The third-order valence-electron chi connectivity index (χ3n) is 1.70. The lowest BCUT2D eigenvalue weighted by atomic mass is 10.0. The molecule has 0 aliphatic carbocycles. The number of halogens is 3. The summed E-state index contributed by atoms with van der Waals surface area (Å²) in [5.41, 5.74) is -0.399. The van der Waals surface area contributed by atoms with Crippen LogP contribution in [0, 0.1) is 0 Å². The molecule has 1 atom stereocenters. The van der Waals surface area contributed by atoms with Crippen LogP contribution in [0.25, 0.3) is 0 Å². The molecule has 1 heterocycles. The third kappa shape index (κ3) is 2.22. The topological polar surface area (TPSA) is 12.0 Å². The van der Waals surface area contributed by atoms with Gasteiger partial charge in [0.05, 0.1) is 0 Å². The van der Waals surface area contributed by atoms with Crippen molar-refractivity contribution in [1.82, 2.24) is 5.32 Å². The van der Waals surface area contributed by atoms with Gasteiger partial charge >= 0.3 is 6.18 Å². The highest BCUT2D eigenvalue weighted by Crippen LogP contribution is 2.29. The molecule has 0 aromatic rings. The molecule has 1 aliphatic rings. The molecular formula is C7H10F3N. The lowest BCUT2D eigenvalue weighted by Crippen LogP contribution is -2.33. The van der Waals surface area contributed by atoms with Crippen molar-refractivity contribution in [3.8, 4) is 0 Å². The first-order valence-electron chi connectivity index (χ1n) is 3.50. The Bertz CT molecular complexity index is 171. The van der Waals surface area contributed by atoms with Crippen molar-refractivity contribution in [1.29, 1.82) is 0 Å². The SMILES string of the molecule is CC1CC(C(F)(F)F)=CCN1. The molecule has 0 saturated heterocycles. The number of nitrogens with one attached hydrogen (secondary N) is 1. The van der Waals surface area contributed by atoms with E-state index in [1.807, 2.05) is 0 Å². The lowest BCUT2D eigenvalue weighted by Gasteiger charge is -2.22. The van der Waals surface area contributed by atoms with E-state index in [0.29, 0.717) is 6.54 Å². The highest BCUT2D eigenvalue weighted by atomic mass is 19.4. The van der Waals surface area contributed by atoms with Gasteiger partial charge in [0.1, 0.15) is 0 Å². The van der Waals surface area contributed by atoms with Crippen LogP contribution in [0.4, 0.5) is 13.2 Å². The Kier molecular flexibility index (Phi) is 2.23. The van der Waals surface area contributed by atoms with Gasteiger partial charge in [0.15, 0.2) is 0 Å². The van der Waals surface area contributed by atoms with E-state index in [4.69, 9.17) is 0 Å². The summed E-state index contributed by atoms with van der Waals surface area (Å²) in [6.07, 6.45) is -2.83. The maximum absolute atomic E-state index is 12.0. The van der Waals surface area contributed by atoms with Gasteiger partial charge in [-0.1, -0.05) is 6.08 Å². The summed E-state index contributed by atoms with van der Waals surface area (Å²) in [5, 5.41) is 2.91. The van der Waals surface area contributed by atoms with E-state index in [2.05, 4.69) is 5.32 Å². The summed E-state index contributed by atoms with van der Waals surface area (Å²) in [5.74, 6) is 0. The normalized spacial score (nSPS) is 26.5. The van der Waals surface area contributed by atoms with Crippen LogP contribution in [0.15, 0.2) is 11.6 Å². The van der Waals surface area contributed by atoms with Gasteiger partial charge < -0.3 is 5.32 Å². The van der Waals surface area contributed by atoms with Gasteiger partial charge in [-0.25, -0.2) is 0 Å². The van der Waals surface area contributed by atoms with Crippen LogP contribution in [-0.2, 0) is 0 Å². The van der Waals surface area contributed by atoms with Gasteiger partial charge in [0.2, 0.25) is 0 Å². The first kappa shape index (κ1) is 8.59. The van der Waals surface area contributed by atoms with Crippen molar-refractivity contribution in [2.75, 3.05) is 6.54 Å². The zero-order valence-corrected chi connectivity index (χ0v) is 6.20. The van der Waals surface area contributed by atoms with Crippen LogP contribution < -0.4 is 5.32 Å². The highest BCUT2D eigenvalue weighted by molar-refractivity contribution is 5.14. The monoisotopic (exact) mass is 165 g/mol. The number of rotatable bonds is 0. The van der Waals surface area contributed by atoms with Crippen molar-refractivity contribution in [3.63, 3.8) is 0 Å². The lowest BCUT2D eigenvalue weighted by molar-refractivity contribution is -0.0955. The number of hydrogen-bond donors (Lipinski definition) is 1. The molecule has 1 N–H and O–H groups in total. The van der Waals surface area contributed by atoms with Gasteiger partial charge in [-0.3, -0.25) is 0 Å². The minimum atomic E-state index is -4.13. The fourth-order valence-corrected chi connectivity index (χ4v) is 1.10. The first-order valence-corrected chi connectivity index (χ1v) is 3.50. The number of alkyl halides is 3. The molecule has 0 aromatic heterocycles. The van der Waals surface area contributed by atoms with E-state index >= 15 is 0 Å². The quantitative estimate of drug-likeness (QED) is 0.540. The molecule has 64 valence electrons. The van der Waals surface area contributed by atoms with Crippen molar-refractivity contribution >= 4 is 0 Å². The van der Waals surface area contributed by atoms with Crippen LogP contribution >= 0.6 is 0 Å². The van der Waals surface area contributed by atoms with E-state index in [1.165, 1.54) is 6.08 Å². The van der Waals surface area contributed by atoms with Crippen molar-refractivity contribution in [3.05, 3.63) is 11.6 Å². The molecule has 0 radical (unpaired) electrons. The Hall–Kier alpha value is -0.510. The zero-order valence-electron chi connectivity index (χ0n) is 6.20. The average Bonchev–Trinajstić information content (AvgIpc) is 1.86. The van der Waals surface area contributed by atoms with Gasteiger partial charge in [-0.2, -0.15) is 13.2 Å². The van der Waals surface area contributed by atoms with Crippen LogP contribution in [0.3, 0.4) is 0 Å². The number of hydrogen-bond acceptors (Lipinski definition) is 1. The molecular weight excluding hydrogens is 155 g/mol. The van der Waals surface area contributed by atoms with Crippen molar-refractivity contribution in [2.24, 2.45) is 0 Å². The minimum absolute atomic E-state index is 0.0587. The fraction of sp³-hybridized carbons (Fsp3) is 0.714. The minimum Gasteiger partial charge on any atom is -0.310 e. The van der Waals surface area contributed by atoms with Gasteiger partial charge in [-0.15, -0.1) is 0 Å². The molecule has 0 fully saturated rings. The Labute approximate surface area is 63.3 Å². The van der Waals surface area contributed by atoms with Crippen LogP contribution in [0.1, 0.15) is 13.3 Å². The molecule has 0 aromatic carbocycles. The van der Waals surface area contributed by atoms with Gasteiger partial charge in [0.25, 0.3) is 0 Å². The Balaban J connectivity index is 2.65. The van der Waals surface area contributed by atoms with Crippen molar-refractivity contribution in [2.45, 2.75) is 25.6 Å². The molecule has 1 unspecified atom stereocenters. The van der Waals surface area contributed by atoms with Crippen LogP contribution in [0.2, 0.25) is 0 Å². The molecule has 0 bridgehead atoms. The summed E-state index contributed by atoms with van der Waals surface area (Å²) in [6, 6.07) is -0.0587.